The Hall–Kier alpha value is -1.94. The van der Waals surface area contributed by atoms with Crippen LogP contribution in [-0.2, 0) is 25.7 Å². The summed E-state index contributed by atoms with van der Waals surface area (Å²) in [5.41, 5.74) is 0.971. The summed E-state index contributed by atoms with van der Waals surface area (Å²) in [7, 11) is 0. The topological polar surface area (TPSA) is 52.6 Å². The first kappa shape index (κ1) is 13.1. The van der Waals surface area contributed by atoms with E-state index in [0.717, 1.165) is 5.56 Å². The van der Waals surface area contributed by atoms with Crippen LogP contribution in [0.4, 0.5) is 0 Å². The quantitative estimate of drug-likeness (QED) is 0.428. The van der Waals surface area contributed by atoms with Gasteiger partial charge in [-0.3, -0.25) is 9.59 Å². The lowest BCUT2D eigenvalue weighted by Gasteiger charge is -2.05. The number of hydrogen-bond donors (Lipinski definition) is 0. The molecule has 0 heterocycles. The zero-order valence-corrected chi connectivity index (χ0v) is 9.64. The normalized spacial score (nSPS) is 9.71. The maximum absolute atomic E-state index is 11.4. The van der Waals surface area contributed by atoms with Crippen LogP contribution >= 0.6 is 0 Å². The summed E-state index contributed by atoms with van der Waals surface area (Å²) in [4.78, 5) is 21.9. The second kappa shape index (κ2) is 6.60. The average Bonchev–Trinajstić information content (AvgIpc) is 2.29. The van der Waals surface area contributed by atoms with Crippen LogP contribution in [0.1, 0.15) is 12.5 Å². The summed E-state index contributed by atoms with van der Waals surface area (Å²) < 4.78 is 9.73. The number of ether oxygens (including phenoxy) is 2. The highest BCUT2D eigenvalue weighted by Crippen LogP contribution is 2.02. The Labute approximate surface area is 99.8 Å². The molecule has 0 bridgehead atoms. The predicted octanol–water partition coefficient (Wildman–Crippen LogP) is 1.85. The van der Waals surface area contributed by atoms with Crippen LogP contribution in [0.2, 0.25) is 0 Å². The van der Waals surface area contributed by atoms with Gasteiger partial charge in [-0.25, -0.2) is 0 Å². The molecule has 0 radical (unpaired) electrons. The van der Waals surface area contributed by atoms with Crippen LogP contribution in [0, 0.1) is 0 Å². The number of rotatable bonds is 6. The minimum atomic E-state index is -0.564. The van der Waals surface area contributed by atoms with E-state index in [9.17, 15) is 9.59 Å². The standard InChI is InChI=1S/C13H14O4/c1-10(17-11(2)14)13(15)9-16-8-12-6-4-3-5-7-12/h3-7H,1,8-9H2,2H3. The highest BCUT2D eigenvalue weighted by molar-refractivity contribution is 5.95. The van der Waals surface area contributed by atoms with Crippen LogP contribution in [-0.4, -0.2) is 18.4 Å². The third-order valence-corrected chi connectivity index (χ3v) is 1.92. The van der Waals surface area contributed by atoms with E-state index < -0.39 is 11.8 Å². The fourth-order valence-corrected chi connectivity index (χ4v) is 1.15. The van der Waals surface area contributed by atoms with Gasteiger partial charge < -0.3 is 9.47 Å². The van der Waals surface area contributed by atoms with Gasteiger partial charge in [0, 0.05) is 6.92 Å². The van der Waals surface area contributed by atoms with Crippen molar-refractivity contribution < 1.29 is 19.1 Å². The zero-order valence-electron chi connectivity index (χ0n) is 9.64. The Bertz CT molecular complexity index is 409. The van der Waals surface area contributed by atoms with Crippen molar-refractivity contribution in [3.8, 4) is 0 Å². The minimum Gasteiger partial charge on any atom is -0.423 e. The van der Waals surface area contributed by atoms with Crippen LogP contribution in [0.3, 0.4) is 0 Å². The van der Waals surface area contributed by atoms with Crippen LogP contribution in [0.25, 0.3) is 0 Å². The van der Waals surface area contributed by atoms with Crippen molar-refractivity contribution in [3.05, 3.63) is 48.2 Å². The largest absolute Gasteiger partial charge is 0.423 e. The lowest BCUT2D eigenvalue weighted by atomic mass is 10.2. The lowest BCUT2D eigenvalue weighted by Crippen LogP contribution is -2.14. The van der Waals surface area contributed by atoms with Crippen molar-refractivity contribution in [3.63, 3.8) is 0 Å². The van der Waals surface area contributed by atoms with Crippen molar-refractivity contribution in [2.75, 3.05) is 6.61 Å². The van der Waals surface area contributed by atoms with E-state index >= 15 is 0 Å². The van der Waals surface area contributed by atoms with Gasteiger partial charge in [-0.05, 0) is 5.56 Å². The Balaban J connectivity index is 2.29. The van der Waals surface area contributed by atoms with Crippen LogP contribution in [0.5, 0.6) is 0 Å². The fraction of sp³-hybridized carbons (Fsp3) is 0.231. The molecule has 0 spiro atoms. The van der Waals surface area contributed by atoms with Gasteiger partial charge in [0.05, 0.1) is 6.61 Å². The fourth-order valence-electron chi connectivity index (χ4n) is 1.15. The van der Waals surface area contributed by atoms with Crippen LogP contribution < -0.4 is 0 Å². The number of esters is 1. The molecule has 4 heteroatoms. The lowest BCUT2D eigenvalue weighted by molar-refractivity contribution is -0.141. The molecule has 0 N–H and O–H groups in total. The number of Topliss-reactive ketones (excluding diaryl/α,β-unsaturated/α-hetero) is 1. The van der Waals surface area contributed by atoms with E-state index in [1.54, 1.807) is 0 Å². The molecule has 0 saturated heterocycles. The highest BCUT2D eigenvalue weighted by Gasteiger charge is 2.10. The first-order chi connectivity index (χ1) is 8.09. The van der Waals surface area contributed by atoms with Crippen LogP contribution in [0.15, 0.2) is 42.7 Å². The molecule has 0 aliphatic carbocycles. The molecule has 17 heavy (non-hydrogen) atoms. The second-order valence-electron chi connectivity index (χ2n) is 3.42. The zero-order chi connectivity index (χ0) is 12.7. The minimum absolute atomic E-state index is 0.152. The summed E-state index contributed by atoms with van der Waals surface area (Å²) in [5.74, 6) is -1.19. The molecule has 0 unspecified atom stereocenters. The van der Waals surface area contributed by atoms with Gasteiger partial charge in [-0.2, -0.15) is 0 Å². The van der Waals surface area contributed by atoms with E-state index in [2.05, 4.69) is 11.3 Å². The average molecular weight is 234 g/mol. The summed E-state index contributed by atoms with van der Waals surface area (Å²) in [6.45, 7) is 4.74. The smallest absolute Gasteiger partial charge is 0.308 e. The van der Waals surface area contributed by atoms with Crippen molar-refractivity contribution >= 4 is 11.8 Å². The number of carbonyl (C=O) groups excluding carboxylic acids is 2. The highest BCUT2D eigenvalue weighted by atomic mass is 16.5. The third-order valence-electron chi connectivity index (χ3n) is 1.92. The van der Waals surface area contributed by atoms with Crippen molar-refractivity contribution in [2.45, 2.75) is 13.5 Å². The summed E-state index contributed by atoms with van der Waals surface area (Å²) in [5, 5.41) is 0. The molecular weight excluding hydrogens is 220 g/mol. The molecule has 1 aromatic carbocycles. The van der Waals surface area contributed by atoms with Gasteiger partial charge in [0.2, 0.25) is 5.78 Å². The van der Waals surface area contributed by atoms with Gasteiger partial charge in [0.1, 0.15) is 6.61 Å². The first-order valence-electron chi connectivity index (χ1n) is 5.12. The number of benzene rings is 1. The second-order valence-corrected chi connectivity index (χ2v) is 3.42. The van der Waals surface area contributed by atoms with Gasteiger partial charge >= 0.3 is 5.97 Å². The van der Waals surface area contributed by atoms with Gasteiger partial charge in [-0.1, -0.05) is 36.9 Å². The van der Waals surface area contributed by atoms with Crippen molar-refractivity contribution in [2.24, 2.45) is 0 Å². The molecule has 4 nitrogen and oxygen atoms in total. The molecule has 1 aromatic rings. The molecule has 90 valence electrons. The molecular formula is C13H14O4. The number of carbonyl (C=O) groups is 2. The Morgan fingerprint density at radius 2 is 1.88 bits per heavy atom. The van der Waals surface area contributed by atoms with Gasteiger partial charge in [0.25, 0.3) is 0 Å². The van der Waals surface area contributed by atoms with E-state index in [4.69, 9.17) is 4.74 Å². The Kier molecular flexibility index (Phi) is 5.10. The Morgan fingerprint density at radius 3 is 2.47 bits per heavy atom. The molecule has 0 saturated carbocycles. The molecule has 0 aliphatic rings. The summed E-state index contributed by atoms with van der Waals surface area (Å²) >= 11 is 0. The maximum Gasteiger partial charge on any atom is 0.308 e. The molecule has 1 rings (SSSR count). The molecule has 0 amide bonds. The van der Waals surface area contributed by atoms with E-state index in [1.165, 1.54) is 6.92 Å². The molecule has 0 aliphatic heterocycles. The summed E-state index contributed by atoms with van der Waals surface area (Å²) in [6.07, 6.45) is 0. The van der Waals surface area contributed by atoms with Crippen molar-refractivity contribution in [1.29, 1.82) is 0 Å². The first-order valence-corrected chi connectivity index (χ1v) is 5.12. The SMILES string of the molecule is C=C(OC(C)=O)C(=O)COCc1ccccc1. The predicted molar refractivity (Wildman–Crippen MR) is 62.0 cm³/mol. The van der Waals surface area contributed by atoms with E-state index in [-0.39, 0.29) is 12.4 Å². The van der Waals surface area contributed by atoms with Crippen molar-refractivity contribution in [1.82, 2.24) is 0 Å². The number of ketones is 1. The number of hydrogen-bond acceptors (Lipinski definition) is 4. The van der Waals surface area contributed by atoms with E-state index in [0.29, 0.717) is 6.61 Å². The van der Waals surface area contributed by atoms with Gasteiger partial charge in [0.15, 0.2) is 5.76 Å². The molecule has 0 fully saturated rings. The monoisotopic (exact) mass is 234 g/mol. The molecule has 0 atom stereocenters. The maximum atomic E-state index is 11.4. The third kappa shape index (κ3) is 5.08. The molecule has 0 aromatic heterocycles. The summed E-state index contributed by atoms with van der Waals surface area (Å²) in [6, 6.07) is 9.46. The Morgan fingerprint density at radius 1 is 1.24 bits per heavy atom. The van der Waals surface area contributed by atoms with E-state index in [1.807, 2.05) is 30.3 Å². The van der Waals surface area contributed by atoms with Gasteiger partial charge in [-0.15, -0.1) is 0 Å².